The molecule has 15 heavy (non-hydrogen) atoms. The van der Waals surface area contributed by atoms with Crippen LogP contribution in [0, 0.1) is 0 Å². The van der Waals surface area contributed by atoms with Crippen molar-refractivity contribution < 1.29 is 9.63 Å². The van der Waals surface area contributed by atoms with Gasteiger partial charge in [0.15, 0.2) is 5.82 Å². The highest BCUT2D eigenvalue weighted by Crippen LogP contribution is 2.25. The van der Waals surface area contributed by atoms with Crippen LogP contribution in [0.15, 0.2) is 4.52 Å². The molecule has 1 aliphatic heterocycles. The summed E-state index contributed by atoms with van der Waals surface area (Å²) in [6.07, 6.45) is 0.405. The fraction of sp³-hybridized carbons (Fsp3) is 0.800. The Balaban J connectivity index is 2.04. The van der Waals surface area contributed by atoms with Crippen molar-refractivity contribution in [1.82, 2.24) is 15.0 Å². The van der Waals surface area contributed by atoms with E-state index >= 15 is 0 Å². The Kier molecular flexibility index (Phi) is 3.02. The highest BCUT2D eigenvalue weighted by molar-refractivity contribution is 5.00. The first kappa shape index (κ1) is 10.6. The van der Waals surface area contributed by atoms with Gasteiger partial charge in [0.1, 0.15) is 6.10 Å². The standard InChI is InChI=1S/C10H17N3O2/c1-3-13-5-4-8(6-13)9-11-10(7(2)14)15-12-9/h7-8,14H,3-6H2,1-2H3. The average Bonchev–Trinajstić information content (AvgIpc) is 2.86. The van der Waals surface area contributed by atoms with Gasteiger partial charge < -0.3 is 14.5 Å². The minimum atomic E-state index is -0.671. The number of aliphatic hydroxyl groups is 1. The fourth-order valence-corrected chi connectivity index (χ4v) is 1.91. The summed E-state index contributed by atoms with van der Waals surface area (Å²) >= 11 is 0. The van der Waals surface area contributed by atoms with E-state index in [2.05, 4.69) is 22.0 Å². The van der Waals surface area contributed by atoms with Gasteiger partial charge >= 0.3 is 0 Å². The van der Waals surface area contributed by atoms with Gasteiger partial charge in [-0.3, -0.25) is 0 Å². The molecule has 0 radical (unpaired) electrons. The van der Waals surface area contributed by atoms with Crippen molar-refractivity contribution in [3.8, 4) is 0 Å². The van der Waals surface area contributed by atoms with E-state index in [1.807, 2.05) is 0 Å². The SMILES string of the molecule is CCN1CCC(c2noc(C(C)O)n2)C1. The molecule has 2 rings (SSSR count). The number of aliphatic hydroxyl groups excluding tert-OH is 1. The molecule has 1 saturated heterocycles. The van der Waals surface area contributed by atoms with Gasteiger partial charge in [0.25, 0.3) is 5.89 Å². The average molecular weight is 211 g/mol. The molecule has 1 aromatic heterocycles. The summed E-state index contributed by atoms with van der Waals surface area (Å²) in [7, 11) is 0. The maximum Gasteiger partial charge on any atom is 0.255 e. The molecule has 0 amide bonds. The second-order valence-corrected chi connectivity index (χ2v) is 4.05. The Morgan fingerprint density at radius 1 is 1.67 bits per heavy atom. The summed E-state index contributed by atoms with van der Waals surface area (Å²) in [5.41, 5.74) is 0. The van der Waals surface area contributed by atoms with Gasteiger partial charge in [-0.05, 0) is 26.4 Å². The molecule has 2 heterocycles. The molecule has 0 spiro atoms. The van der Waals surface area contributed by atoms with Gasteiger partial charge in [-0.25, -0.2) is 0 Å². The predicted molar refractivity (Wildman–Crippen MR) is 54.4 cm³/mol. The molecule has 0 saturated carbocycles. The van der Waals surface area contributed by atoms with E-state index in [0.717, 1.165) is 31.9 Å². The zero-order valence-electron chi connectivity index (χ0n) is 9.18. The second-order valence-electron chi connectivity index (χ2n) is 4.05. The van der Waals surface area contributed by atoms with Crippen molar-refractivity contribution >= 4 is 0 Å². The summed E-state index contributed by atoms with van der Waals surface area (Å²) in [5, 5.41) is 13.2. The fourth-order valence-electron chi connectivity index (χ4n) is 1.91. The number of nitrogens with zero attached hydrogens (tertiary/aromatic N) is 3. The summed E-state index contributed by atoms with van der Waals surface area (Å²) in [6, 6.07) is 0. The minimum Gasteiger partial charge on any atom is -0.384 e. The summed E-state index contributed by atoms with van der Waals surface area (Å²) in [4.78, 5) is 6.57. The maximum absolute atomic E-state index is 9.27. The van der Waals surface area contributed by atoms with Crippen LogP contribution in [0.25, 0.3) is 0 Å². The highest BCUT2D eigenvalue weighted by atomic mass is 16.5. The molecule has 0 bridgehead atoms. The minimum absolute atomic E-state index is 0.319. The van der Waals surface area contributed by atoms with E-state index in [0.29, 0.717) is 11.8 Å². The number of rotatable bonds is 3. The molecule has 1 N–H and O–H groups in total. The van der Waals surface area contributed by atoms with Crippen LogP contribution in [-0.4, -0.2) is 39.8 Å². The Hall–Kier alpha value is -0.940. The van der Waals surface area contributed by atoms with Crippen LogP contribution < -0.4 is 0 Å². The Morgan fingerprint density at radius 2 is 2.47 bits per heavy atom. The third-order valence-electron chi connectivity index (χ3n) is 2.90. The van der Waals surface area contributed by atoms with E-state index in [1.54, 1.807) is 6.92 Å². The maximum atomic E-state index is 9.27. The lowest BCUT2D eigenvalue weighted by Crippen LogP contribution is -2.19. The molecule has 84 valence electrons. The second kappa shape index (κ2) is 4.28. The van der Waals surface area contributed by atoms with Crippen LogP contribution >= 0.6 is 0 Å². The molecule has 1 aliphatic rings. The first-order valence-corrected chi connectivity index (χ1v) is 5.44. The topological polar surface area (TPSA) is 62.4 Å². The first-order valence-electron chi connectivity index (χ1n) is 5.44. The van der Waals surface area contributed by atoms with Crippen molar-refractivity contribution in [3.63, 3.8) is 0 Å². The van der Waals surface area contributed by atoms with Crippen LogP contribution in [-0.2, 0) is 0 Å². The van der Waals surface area contributed by atoms with Gasteiger partial charge in [0.05, 0.1) is 0 Å². The van der Waals surface area contributed by atoms with E-state index in [1.165, 1.54) is 0 Å². The zero-order valence-corrected chi connectivity index (χ0v) is 9.18. The van der Waals surface area contributed by atoms with E-state index in [9.17, 15) is 5.11 Å². The molecule has 0 aliphatic carbocycles. The third-order valence-corrected chi connectivity index (χ3v) is 2.90. The molecule has 1 aromatic rings. The van der Waals surface area contributed by atoms with E-state index in [-0.39, 0.29) is 0 Å². The van der Waals surface area contributed by atoms with E-state index in [4.69, 9.17) is 4.52 Å². The van der Waals surface area contributed by atoms with Crippen LogP contribution in [0.2, 0.25) is 0 Å². The molecule has 2 unspecified atom stereocenters. The van der Waals surface area contributed by atoms with Gasteiger partial charge in [-0.2, -0.15) is 4.98 Å². The van der Waals surface area contributed by atoms with Gasteiger partial charge in [-0.15, -0.1) is 0 Å². The molecule has 0 aromatic carbocycles. The van der Waals surface area contributed by atoms with Crippen molar-refractivity contribution in [3.05, 3.63) is 11.7 Å². The third kappa shape index (κ3) is 2.18. The smallest absolute Gasteiger partial charge is 0.255 e. The van der Waals surface area contributed by atoms with Crippen molar-refractivity contribution in [2.45, 2.75) is 32.3 Å². The lowest BCUT2D eigenvalue weighted by molar-refractivity contribution is 0.151. The molecule has 1 fully saturated rings. The predicted octanol–water partition coefficient (Wildman–Crippen LogP) is 0.932. The van der Waals surface area contributed by atoms with Crippen LogP contribution in [0.1, 0.15) is 44.0 Å². The largest absolute Gasteiger partial charge is 0.384 e. The Bertz CT molecular complexity index is 324. The van der Waals surface area contributed by atoms with Crippen molar-refractivity contribution in [1.29, 1.82) is 0 Å². The molecular formula is C10H17N3O2. The van der Waals surface area contributed by atoms with E-state index < -0.39 is 6.10 Å². The summed E-state index contributed by atoms with van der Waals surface area (Å²) in [6.45, 7) is 6.94. The lowest BCUT2D eigenvalue weighted by Gasteiger charge is -2.10. The summed E-state index contributed by atoms with van der Waals surface area (Å²) < 4.78 is 4.98. The molecule has 5 heteroatoms. The number of hydrogen-bond donors (Lipinski definition) is 1. The first-order chi connectivity index (χ1) is 7.20. The van der Waals surface area contributed by atoms with Crippen molar-refractivity contribution in [2.75, 3.05) is 19.6 Å². The summed E-state index contributed by atoms with van der Waals surface area (Å²) in [5.74, 6) is 1.42. The number of likely N-dealkylation sites (N-methyl/N-ethyl adjacent to an activating group) is 1. The Morgan fingerprint density at radius 3 is 3.00 bits per heavy atom. The van der Waals surface area contributed by atoms with Crippen LogP contribution in [0.3, 0.4) is 0 Å². The van der Waals surface area contributed by atoms with Gasteiger partial charge in [0, 0.05) is 12.5 Å². The monoisotopic (exact) mass is 211 g/mol. The number of likely N-dealkylation sites (tertiary alicyclic amines) is 1. The Labute approximate surface area is 89.1 Å². The van der Waals surface area contributed by atoms with Gasteiger partial charge in [-0.1, -0.05) is 12.1 Å². The lowest BCUT2D eigenvalue weighted by atomic mass is 10.1. The molecule has 2 atom stereocenters. The molecule has 5 nitrogen and oxygen atoms in total. The normalized spacial score (nSPS) is 24.6. The number of hydrogen-bond acceptors (Lipinski definition) is 5. The van der Waals surface area contributed by atoms with Gasteiger partial charge in [0.2, 0.25) is 0 Å². The quantitative estimate of drug-likeness (QED) is 0.806. The van der Waals surface area contributed by atoms with Crippen molar-refractivity contribution in [2.24, 2.45) is 0 Å². The van der Waals surface area contributed by atoms with Crippen LogP contribution in [0.5, 0.6) is 0 Å². The van der Waals surface area contributed by atoms with Crippen LogP contribution in [0.4, 0.5) is 0 Å². The number of aromatic nitrogens is 2. The zero-order chi connectivity index (χ0) is 10.8. The highest BCUT2D eigenvalue weighted by Gasteiger charge is 2.27. The molecular weight excluding hydrogens is 194 g/mol.